The molecule has 1 fully saturated rings. The smallest absolute Gasteiger partial charge is 0.119 e. The van der Waals surface area contributed by atoms with Crippen LogP contribution in [0.2, 0.25) is 0 Å². The van der Waals surface area contributed by atoms with E-state index in [1.165, 1.54) is 5.69 Å². The van der Waals surface area contributed by atoms with Gasteiger partial charge in [-0.2, -0.15) is 0 Å². The zero-order valence-electron chi connectivity index (χ0n) is 11.1. The highest BCUT2D eigenvalue weighted by Crippen LogP contribution is 2.21. The maximum Gasteiger partial charge on any atom is 0.119 e. The zero-order valence-corrected chi connectivity index (χ0v) is 11.1. The molecule has 1 saturated heterocycles. The van der Waals surface area contributed by atoms with Crippen LogP contribution < -0.4 is 15.0 Å². The first kappa shape index (κ1) is 13.2. The number of methoxy groups -OCH3 is 1. The fourth-order valence-corrected chi connectivity index (χ4v) is 2.38. The summed E-state index contributed by atoms with van der Waals surface area (Å²) in [5.74, 6) is 0.874. The first-order valence-corrected chi connectivity index (χ1v) is 6.49. The standard InChI is InChI=1S/C14H22N2O2/c1-11-7-8-16(9-12(10-17)15-11)13-3-5-14(18-2)6-4-13/h3-6,11-12,15,17H,7-10H2,1-2H3. The topological polar surface area (TPSA) is 44.7 Å². The van der Waals surface area contributed by atoms with Crippen LogP contribution >= 0.6 is 0 Å². The highest BCUT2D eigenvalue weighted by atomic mass is 16.5. The van der Waals surface area contributed by atoms with Gasteiger partial charge in [-0.25, -0.2) is 0 Å². The molecule has 1 aliphatic heterocycles. The van der Waals surface area contributed by atoms with E-state index < -0.39 is 0 Å². The summed E-state index contributed by atoms with van der Waals surface area (Å²) in [7, 11) is 1.67. The Labute approximate surface area is 109 Å². The summed E-state index contributed by atoms with van der Waals surface area (Å²) in [6, 6.07) is 8.69. The number of aliphatic hydroxyl groups excluding tert-OH is 1. The van der Waals surface area contributed by atoms with Crippen LogP contribution in [0, 0.1) is 0 Å². The highest BCUT2D eigenvalue weighted by Gasteiger charge is 2.20. The maximum atomic E-state index is 9.37. The normalized spacial score (nSPS) is 24.7. The monoisotopic (exact) mass is 250 g/mol. The Morgan fingerprint density at radius 1 is 1.39 bits per heavy atom. The summed E-state index contributed by atoms with van der Waals surface area (Å²) < 4.78 is 5.17. The molecule has 4 heteroatoms. The Bertz CT molecular complexity index is 367. The minimum Gasteiger partial charge on any atom is -0.497 e. The molecule has 0 radical (unpaired) electrons. The average molecular weight is 250 g/mol. The van der Waals surface area contributed by atoms with Crippen LogP contribution in [0.4, 0.5) is 5.69 Å². The molecular formula is C14H22N2O2. The van der Waals surface area contributed by atoms with Gasteiger partial charge in [0.15, 0.2) is 0 Å². The van der Waals surface area contributed by atoms with Crippen LogP contribution in [0.3, 0.4) is 0 Å². The Morgan fingerprint density at radius 3 is 2.72 bits per heavy atom. The van der Waals surface area contributed by atoms with E-state index in [-0.39, 0.29) is 12.6 Å². The zero-order chi connectivity index (χ0) is 13.0. The number of hydrogen-bond donors (Lipinski definition) is 2. The van der Waals surface area contributed by atoms with Crippen molar-refractivity contribution in [2.24, 2.45) is 0 Å². The minimum atomic E-state index is 0.143. The SMILES string of the molecule is COc1ccc(N2CCC(C)NC(CO)C2)cc1. The molecule has 2 rings (SSSR count). The van der Waals surface area contributed by atoms with Gasteiger partial charge in [-0.1, -0.05) is 0 Å². The van der Waals surface area contributed by atoms with Crippen LogP contribution in [-0.2, 0) is 0 Å². The summed E-state index contributed by atoms with van der Waals surface area (Å²) in [6.45, 7) is 4.20. The highest BCUT2D eigenvalue weighted by molar-refractivity contribution is 5.49. The third-order valence-electron chi connectivity index (χ3n) is 3.45. The summed E-state index contributed by atoms with van der Waals surface area (Å²) in [6.07, 6.45) is 1.09. The van der Waals surface area contributed by atoms with Crippen molar-refractivity contribution < 1.29 is 9.84 Å². The van der Waals surface area contributed by atoms with E-state index in [9.17, 15) is 5.11 Å². The van der Waals surface area contributed by atoms with E-state index in [1.54, 1.807) is 7.11 Å². The summed E-state index contributed by atoms with van der Waals surface area (Å²) in [5, 5.41) is 12.8. The second kappa shape index (κ2) is 6.07. The van der Waals surface area contributed by atoms with Gasteiger partial charge in [0, 0.05) is 30.9 Å². The fourth-order valence-electron chi connectivity index (χ4n) is 2.38. The summed E-state index contributed by atoms with van der Waals surface area (Å²) in [4.78, 5) is 2.32. The molecule has 2 unspecified atom stereocenters. The van der Waals surface area contributed by atoms with Crippen LogP contribution in [-0.4, -0.2) is 44.0 Å². The first-order valence-electron chi connectivity index (χ1n) is 6.49. The van der Waals surface area contributed by atoms with E-state index in [4.69, 9.17) is 4.74 Å². The van der Waals surface area contributed by atoms with E-state index in [2.05, 4.69) is 29.3 Å². The number of benzene rings is 1. The Hall–Kier alpha value is -1.26. The average Bonchev–Trinajstić information content (AvgIpc) is 2.60. The van der Waals surface area contributed by atoms with Crippen molar-refractivity contribution in [3.8, 4) is 5.75 Å². The van der Waals surface area contributed by atoms with Crippen LogP contribution in [0.15, 0.2) is 24.3 Å². The molecule has 1 aromatic rings. The molecule has 18 heavy (non-hydrogen) atoms. The van der Waals surface area contributed by atoms with Gasteiger partial charge in [-0.05, 0) is 37.6 Å². The lowest BCUT2D eigenvalue weighted by atomic mass is 10.2. The quantitative estimate of drug-likeness (QED) is 0.847. The summed E-state index contributed by atoms with van der Waals surface area (Å²) >= 11 is 0. The molecule has 1 aromatic carbocycles. The number of ether oxygens (including phenoxy) is 1. The number of rotatable bonds is 3. The lowest BCUT2D eigenvalue weighted by Crippen LogP contribution is -2.42. The van der Waals surface area contributed by atoms with Crippen molar-refractivity contribution in [2.45, 2.75) is 25.4 Å². The van der Waals surface area contributed by atoms with E-state index in [1.807, 2.05) is 12.1 Å². The molecule has 0 amide bonds. The van der Waals surface area contributed by atoms with Crippen molar-refractivity contribution in [1.29, 1.82) is 0 Å². The van der Waals surface area contributed by atoms with Crippen LogP contribution in [0.1, 0.15) is 13.3 Å². The molecular weight excluding hydrogens is 228 g/mol. The molecule has 1 aliphatic rings. The van der Waals surface area contributed by atoms with E-state index in [0.717, 1.165) is 25.3 Å². The predicted molar refractivity (Wildman–Crippen MR) is 73.3 cm³/mol. The third-order valence-corrected chi connectivity index (χ3v) is 3.45. The Morgan fingerprint density at radius 2 is 2.11 bits per heavy atom. The number of nitrogens with zero attached hydrogens (tertiary/aromatic N) is 1. The van der Waals surface area contributed by atoms with Gasteiger partial charge in [0.1, 0.15) is 5.75 Å². The largest absolute Gasteiger partial charge is 0.497 e. The second-order valence-corrected chi connectivity index (χ2v) is 4.88. The summed E-state index contributed by atoms with van der Waals surface area (Å²) in [5.41, 5.74) is 1.19. The Balaban J connectivity index is 2.10. The molecule has 0 aliphatic carbocycles. The van der Waals surface area contributed by atoms with Gasteiger partial charge in [-0.15, -0.1) is 0 Å². The van der Waals surface area contributed by atoms with Gasteiger partial charge in [0.2, 0.25) is 0 Å². The molecule has 0 aromatic heterocycles. The number of aliphatic hydroxyl groups is 1. The van der Waals surface area contributed by atoms with Gasteiger partial charge in [-0.3, -0.25) is 0 Å². The van der Waals surface area contributed by atoms with Gasteiger partial charge in [0.05, 0.1) is 13.7 Å². The molecule has 2 atom stereocenters. The fraction of sp³-hybridized carbons (Fsp3) is 0.571. The first-order chi connectivity index (χ1) is 8.72. The maximum absolute atomic E-state index is 9.37. The molecule has 0 saturated carbocycles. The lowest BCUT2D eigenvalue weighted by Gasteiger charge is -2.25. The van der Waals surface area contributed by atoms with Gasteiger partial charge in [0.25, 0.3) is 0 Å². The van der Waals surface area contributed by atoms with E-state index >= 15 is 0 Å². The third kappa shape index (κ3) is 3.15. The second-order valence-electron chi connectivity index (χ2n) is 4.88. The van der Waals surface area contributed by atoms with Crippen LogP contribution in [0.5, 0.6) is 5.75 Å². The molecule has 0 bridgehead atoms. The molecule has 1 heterocycles. The van der Waals surface area contributed by atoms with E-state index in [0.29, 0.717) is 6.04 Å². The molecule has 0 spiro atoms. The van der Waals surface area contributed by atoms with Crippen molar-refractivity contribution in [1.82, 2.24) is 5.32 Å². The van der Waals surface area contributed by atoms with Gasteiger partial charge < -0.3 is 20.1 Å². The van der Waals surface area contributed by atoms with Crippen molar-refractivity contribution in [3.05, 3.63) is 24.3 Å². The molecule has 2 N–H and O–H groups in total. The van der Waals surface area contributed by atoms with Crippen LogP contribution in [0.25, 0.3) is 0 Å². The molecule has 4 nitrogen and oxygen atoms in total. The number of nitrogens with one attached hydrogen (secondary N) is 1. The number of anilines is 1. The van der Waals surface area contributed by atoms with Crippen molar-refractivity contribution in [2.75, 3.05) is 31.7 Å². The van der Waals surface area contributed by atoms with Gasteiger partial charge >= 0.3 is 0 Å². The molecule has 100 valence electrons. The minimum absolute atomic E-state index is 0.143. The van der Waals surface area contributed by atoms with Crippen molar-refractivity contribution >= 4 is 5.69 Å². The predicted octanol–water partition coefficient (Wildman–Crippen LogP) is 1.24. The Kier molecular flexibility index (Phi) is 4.44. The lowest BCUT2D eigenvalue weighted by molar-refractivity contribution is 0.240. The number of hydrogen-bond acceptors (Lipinski definition) is 4. The van der Waals surface area contributed by atoms with Crippen molar-refractivity contribution in [3.63, 3.8) is 0 Å².